The van der Waals surface area contributed by atoms with Crippen molar-refractivity contribution in [1.82, 2.24) is 0 Å². The molecule has 2 heteroatoms. The van der Waals surface area contributed by atoms with Crippen LogP contribution in [0.1, 0.15) is 40.5 Å². The van der Waals surface area contributed by atoms with Crippen molar-refractivity contribution >= 4 is 0 Å². The molecule has 0 fully saturated rings. The lowest BCUT2D eigenvalue weighted by molar-refractivity contribution is -0.0686. The fourth-order valence-corrected chi connectivity index (χ4v) is 1.23. The molecule has 0 heterocycles. The predicted octanol–water partition coefficient (Wildman–Crippen LogP) is 2.21. The van der Waals surface area contributed by atoms with Crippen molar-refractivity contribution in [2.75, 3.05) is 13.2 Å². The Labute approximate surface area is 75.9 Å². The number of ether oxygens (including phenoxy) is 1. The van der Waals surface area contributed by atoms with Gasteiger partial charge in [0.15, 0.2) is 0 Å². The third-order valence-electron chi connectivity index (χ3n) is 2.47. The minimum absolute atomic E-state index is 0.0985. The van der Waals surface area contributed by atoms with Gasteiger partial charge in [0, 0.05) is 0 Å². The average Bonchev–Trinajstić information content (AvgIpc) is 2.01. The van der Waals surface area contributed by atoms with Gasteiger partial charge in [0.2, 0.25) is 0 Å². The molecular weight excluding hydrogens is 152 g/mol. The number of rotatable bonds is 6. The van der Waals surface area contributed by atoms with Crippen LogP contribution in [0.2, 0.25) is 0 Å². The maximum Gasteiger partial charge on any atom is 0.0705 e. The first-order valence-electron chi connectivity index (χ1n) is 4.79. The van der Waals surface area contributed by atoms with E-state index in [0.29, 0.717) is 12.5 Å². The third kappa shape index (κ3) is 4.07. The topological polar surface area (TPSA) is 29.5 Å². The van der Waals surface area contributed by atoms with Crippen LogP contribution in [0, 0.1) is 5.92 Å². The van der Waals surface area contributed by atoms with Crippen molar-refractivity contribution in [3.8, 4) is 0 Å². The zero-order chi connectivity index (χ0) is 9.61. The third-order valence-corrected chi connectivity index (χ3v) is 2.47. The van der Waals surface area contributed by atoms with E-state index in [0.717, 1.165) is 0 Å². The first-order chi connectivity index (χ1) is 5.54. The molecule has 1 atom stereocenters. The van der Waals surface area contributed by atoms with Crippen LogP contribution < -0.4 is 0 Å². The molecule has 1 N–H and O–H groups in total. The van der Waals surface area contributed by atoms with Crippen molar-refractivity contribution in [2.45, 2.75) is 46.1 Å². The fourth-order valence-electron chi connectivity index (χ4n) is 1.23. The quantitative estimate of drug-likeness (QED) is 0.669. The molecule has 0 saturated carbocycles. The van der Waals surface area contributed by atoms with E-state index < -0.39 is 0 Å². The van der Waals surface area contributed by atoms with Crippen molar-refractivity contribution in [1.29, 1.82) is 0 Å². The summed E-state index contributed by atoms with van der Waals surface area (Å²) >= 11 is 0. The first kappa shape index (κ1) is 11.9. The van der Waals surface area contributed by atoms with E-state index in [9.17, 15) is 0 Å². The summed E-state index contributed by atoms with van der Waals surface area (Å²) in [7, 11) is 0. The van der Waals surface area contributed by atoms with Gasteiger partial charge in [-0.05, 0) is 26.2 Å². The highest BCUT2D eigenvalue weighted by Gasteiger charge is 2.25. The molecule has 0 aromatic carbocycles. The van der Waals surface area contributed by atoms with E-state index in [-0.39, 0.29) is 12.2 Å². The molecule has 0 amide bonds. The monoisotopic (exact) mass is 174 g/mol. The van der Waals surface area contributed by atoms with Gasteiger partial charge >= 0.3 is 0 Å². The molecule has 0 spiro atoms. The molecule has 1 unspecified atom stereocenters. The van der Waals surface area contributed by atoms with Gasteiger partial charge in [0.25, 0.3) is 0 Å². The molecule has 0 saturated heterocycles. The lowest BCUT2D eigenvalue weighted by Crippen LogP contribution is -2.33. The van der Waals surface area contributed by atoms with E-state index in [1.54, 1.807) is 0 Å². The molecule has 0 aliphatic heterocycles. The van der Waals surface area contributed by atoms with Crippen LogP contribution in [0.3, 0.4) is 0 Å². The van der Waals surface area contributed by atoms with E-state index >= 15 is 0 Å². The van der Waals surface area contributed by atoms with Crippen molar-refractivity contribution in [3.05, 3.63) is 0 Å². The standard InChI is InChI=1S/C10H22O2/c1-5-6-9(2)10(3,4)12-8-7-11/h9,11H,5-8H2,1-4H3. The summed E-state index contributed by atoms with van der Waals surface area (Å²) in [5.74, 6) is 0.550. The molecule has 0 aliphatic carbocycles. The van der Waals surface area contributed by atoms with Crippen LogP contribution in [-0.2, 0) is 4.74 Å². The van der Waals surface area contributed by atoms with Crippen LogP contribution in [0.5, 0.6) is 0 Å². The van der Waals surface area contributed by atoms with E-state index in [2.05, 4.69) is 27.7 Å². The molecular formula is C10H22O2. The minimum atomic E-state index is -0.0985. The van der Waals surface area contributed by atoms with Gasteiger partial charge in [0.05, 0.1) is 18.8 Å². The summed E-state index contributed by atoms with van der Waals surface area (Å²) in [4.78, 5) is 0. The molecule has 0 bridgehead atoms. The van der Waals surface area contributed by atoms with Crippen molar-refractivity contribution < 1.29 is 9.84 Å². The number of aliphatic hydroxyl groups is 1. The zero-order valence-electron chi connectivity index (χ0n) is 8.76. The summed E-state index contributed by atoms with van der Waals surface area (Å²) in [5.41, 5.74) is -0.0985. The Kier molecular flexibility index (Phi) is 5.51. The van der Waals surface area contributed by atoms with Crippen molar-refractivity contribution in [3.63, 3.8) is 0 Å². The van der Waals surface area contributed by atoms with Gasteiger partial charge in [0.1, 0.15) is 0 Å². The summed E-state index contributed by atoms with van der Waals surface area (Å²) in [6.45, 7) is 9.11. The highest BCUT2D eigenvalue weighted by atomic mass is 16.5. The first-order valence-corrected chi connectivity index (χ1v) is 4.79. The average molecular weight is 174 g/mol. The van der Waals surface area contributed by atoms with E-state index in [1.807, 2.05) is 0 Å². The predicted molar refractivity (Wildman–Crippen MR) is 51.2 cm³/mol. The summed E-state index contributed by atoms with van der Waals surface area (Å²) in [6.07, 6.45) is 2.37. The smallest absolute Gasteiger partial charge is 0.0705 e. The minimum Gasteiger partial charge on any atom is -0.394 e. The fraction of sp³-hybridized carbons (Fsp3) is 1.00. The van der Waals surface area contributed by atoms with Crippen LogP contribution in [-0.4, -0.2) is 23.9 Å². The van der Waals surface area contributed by atoms with Gasteiger partial charge < -0.3 is 9.84 Å². The molecule has 12 heavy (non-hydrogen) atoms. The highest BCUT2D eigenvalue weighted by molar-refractivity contribution is 4.75. The molecule has 0 aromatic rings. The maximum atomic E-state index is 8.62. The Hall–Kier alpha value is -0.0800. The Morgan fingerprint density at radius 1 is 1.42 bits per heavy atom. The van der Waals surface area contributed by atoms with Gasteiger partial charge in [-0.15, -0.1) is 0 Å². The summed E-state index contributed by atoms with van der Waals surface area (Å²) in [6, 6.07) is 0. The van der Waals surface area contributed by atoms with Gasteiger partial charge in [-0.3, -0.25) is 0 Å². The molecule has 0 radical (unpaired) electrons. The van der Waals surface area contributed by atoms with Crippen LogP contribution >= 0.6 is 0 Å². The Morgan fingerprint density at radius 2 is 2.00 bits per heavy atom. The molecule has 2 nitrogen and oxygen atoms in total. The maximum absolute atomic E-state index is 8.62. The lowest BCUT2D eigenvalue weighted by Gasteiger charge is -2.31. The van der Waals surface area contributed by atoms with E-state index in [4.69, 9.17) is 9.84 Å². The normalized spacial score (nSPS) is 14.8. The largest absolute Gasteiger partial charge is 0.394 e. The lowest BCUT2D eigenvalue weighted by atomic mass is 9.89. The number of hydrogen-bond donors (Lipinski definition) is 1. The van der Waals surface area contributed by atoms with Crippen LogP contribution in [0.4, 0.5) is 0 Å². The molecule has 0 rings (SSSR count). The van der Waals surface area contributed by atoms with Gasteiger partial charge in [-0.25, -0.2) is 0 Å². The van der Waals surface area contributed by atoms with Crippen LogP contribution in [0.25, 0.3) is 0 Å². The molecule has 0 aliphatic rings. The number of aliphatic hydroxyl groups excluding tert-OH is 1. The Morgan fingerprint density at radius 3 is 2.42 bits per heavy atom. The number of hydrogen-bond acceptors (Lipinski definition) is 2. The Balaban J connectivity index is 3.81. The van der Waals surface area contributed by atoms with Crippen molar-refractivity contribution in [2.24, 2.45) is 5.92 Å². The molecule has 0 aromatic heterocycles. The summed E-state index contributed by atoms with van der Waals surface area (Å²) < 4.78 is 5.54. The summed E-state index contributed by atoms with van der Waals surface area (Å²) in [5, 5.41) is 8.62. The second-order valence-corrected chi connectivity index (χ2v) is 3.87. The van der Waals surface area contributed by atoms with Gasteiger partial charge in [-0.1, -0.05) is 20.3 Å². The Bertz CT molecular complexity index is 110. The second-order valence-electron chi connectivity index (χ2n) is 3.87. The van der Waals surface area contributed by atoms with Crippen LogP contribution in [0.15, 0.2) is 0 Å². The highest BCUT2D eigenvalue weighted by Crippen LogP contribution is 2.24. The molecule has 74 valence electrons. The second kappa shape index (κ2) is 5.55. The van der Waals surface area contributed by atoms with Gasteiger partial charge in [-0.2, -0.15) is 0 Å². The van der Waals surface area contributed by atoms with E-state index in [1.165, 1.54) is 12.8 Å². The zero-order valence-corrected chi connectivity index (χ0v) is 8.76. The SMILES string of the molecule is CCCC(C)C(C)(C)OCCO.